The van der Waals surface area contributed by atoms with Crippen molar-refractivity contribution in [2.24, 2.45) is 5.92 Å². The van der Waals surface area contributed by atoms with Gasteiger partial charge in [0.25, 0.3) is 5.91 Å². The van der Waals surface area contributed by atoms with E-state index in [1.165, 1.54) is 4.90 Å². The summed E-state index contributed by atoms with van der Waals surface area (Å²) >= 11 is 0. The number of carbonyl (C=O) groups is 3. The Hall–Kier alpha value is -2.37. The fraction of sp³-hybridized carbons (Fsp3) is 0.471. The molecule has 2 amide bonds. The lowest BCUT2D eigenvalue weighted by Crippen LogP contribution is -2.30. The van der Waals surface area contributed by atoms with Crippen LogP contribution in [0, 0.1) is 19.8 Å². The summed E-state index contributed by atoms with van der Waals surface area (Å²) in [5, 5.41) is 0. The van der Waals surface area contributed by atoms with Gasteiger partial charge in [-0.2, -0.15) is 0 Å². The van der Waals surface area contributed by atoms with Gasteiger partial charge in [0.05, 0.1) is 5.92 Å². The van der Waals surface area contributed by atoms with Crippen LogP contribution in [0.5, 0.6) is 0 Å². The normalized spacial score (nSPS) is 17.3. The maximum Gasteiger partial charge on any atom is 0.311 e. The fourth-order valence-electron chi connectivity index (χ4n) is 2.51. The first-order valence-corrected chi connectivity index (χ1v) is 7.54. The smallest absolute Gasteiger partial charge is 0.311 e. The number of ether oxygens (including phenoxy) is 1. The van der Waals surface area contributed by atoms with Crippen molar-refractivity contribution in [2.45, 2.75) is 20.3 Å². The number of hydrogen-bond acceptors (Lipinski definition) is 4. The molecule has 6 heteroatoms. The number of benzene rings is 1. The first kappa shape index (κ1) is 17.0. The maximum absolute atomic E-state index is 12.2. The summed E-state index contributed by atoms with van der Waals surface area (Å²) in [5.74, 6) is -1.41. The van der Waals surface area contributed by atoms with Gasteiger partial charge < -0.3 is 14.5 Å². The first-order chi connectivity index (χ1) is 10.8. The Kier molecular flexibility index (Phi) is 5.03. The van der Waals surface area contributed by atoms with E-state index in [0.717, 1.165) is 16.8 Å². The molecule has 0 N–H and O–H groups in total. The van der Waals surface area contributed by atoms with Crippen LogP contribution < -0.4 is 4.90 Å². The summed E-state index contributed by atoms with van der Waals surface area (Å²) in [5.41, 5.74) is 2.95. The molecule has 0 saturated carbocycles. The minimum Gasteiger partial charge on any atom is -0.455 e. The van der Waals surface area contributed by atoms with Gasteiger partial charge in [-0.1, -0.05) is 12.1 Å². The summed E-state index contributed by atoms with van der Waals surface area (Å²) in [7, 11) is 3.19. The minimum absolute atomic E-state index is 0.0976. The predicted molar refractivity (Wildman–Crippen MR) is 86.0 cm³/mol. The van der Waals surface area contributed by atoms with E-state index in [0.29, 0.717) is 0 Å². The van der Waals surface area contributed by atoms with E-state index in [9.17, 15) is 14.4 Å². The lowest BCUT2D eigenvalue weighted by Gasteiger charge is -2.20. The Balaban J connectivity index is 2.03. The highest BCUT2D eigenvalue weighted by Gasteiger charge is 2.37. The van der Waals surface area contributed by atoms with Crippen LogP contribution in [-0.2, 0) is 19.1 Å². The van der Waals surface area contributed by atoms with E-state index >= 15 is 0 Å². The van der Waals surface area contributed by atoms with Crippen LogP contribution in [0.2, 0.25) is 0 Å². The molecule has 1 aromatic rings. The third kappa shape index (κ3) is 3.70. The molecule has 1 heterocycles. The topological polar surface area (TPSA) is 66.9 Å². The molecule has 124 valence electrons. The molecule has 1 fully saturated rings. The molecule has 1 aliphatic heterocycles. The molecular weight excluding hydrogens is 296 g/mol. The summed E-state index contributed by atoms with van der Waals surface area (Å²) in [6.45, 7) is 3.94. The largest absolute Gasteiger partial charge is 0.455 e. The van der Waals surface area contributed by atoms with Crippen molar-refractivity contribution >= 4 is 23.5 Å². The van der Waals surface area contributed by atoms with Crippen molar-refractivity contribution in [1.29, 1.82) is 0 Å². The molecule has 0 unspecified atom stereocenters. The fourth-order valence-corrected chi connectivity index (χ4v) is 2.51. The van der Waals surface area contributed by atoms with E-state index in [4.69, 9.17) is 4.74 Å². The monoisotopic (exact) mass is 318 g/mol. The number of carbonyl (C=O) groups excluding carboxylic acids is 3. The number of esters is 1. The average Bonchev–Trinajstić information content (AvgIpc) is 2.89. The number of anilines is 1. The summed E-state index contributed by atoms with van der Waals surface area (Å²) in [6.07, 6.45) is 0.113. The third-order valence-electron chi connectivity index (χ3n) is 4.16. The number of rotatable bonds is 4. The summed E-state index contributed by atoms with van der Waals surface area (Å²) in [6, 6.07) is 5.76. The van der Waals surface area contributed by atoms with Gasteiger partial charge in [-0.3, -0.25) is 14.4 Å². The van der Waals surface area contributed by atoms with Gasteiger partial charge in [0.15, 0.2) is 6.61 Å². The zero-order valence-electron chi connectivity index (χ0n) is 14.0. The Labute approximate surface area is 136 Å². The van der Waals surface area contributed by atoms with E-state index in [1.807, 2.05) is 32.0 Å². The second-order valence-electron chi connectivity index (χ2n) is 6.02. The van der Waals surface area contributed by atoms with Crippen LogP contribution >= 0.6 is 0 Å². The van der Waals surface area contributed by atoms with Gasteiger partial charge in [0, 0.05) is 32.7 Å². The Morgan fingerprint density at radius 3 is 2.65 bits per heavy atom. The van der Waals surface area contributed by atoms with Crippen molar-refractivity contribution in [2.75, 3.05) is 32.1 Å². The van der Waals surface area contributed by atoms with Crippen molar-refractivity contribution in [3.05, 3.63) is 29.3 Å². The van der Waals surface area contributed by atoms with Gasteiger partial charge in [-0.25, -0.2) is 0 Å². The van der Waals surface area contributed by atoms with Crippen LogP contribution in [0.15, 0.2) is 18.2 Å². The lowest BCUT2D eigenvalue weighted by molar-refractivity contribution is -0.154. The zero-order valence-corrected chi connectivity index (χ0v) is 14.0. The molecule has 0 radical (unpaired) electrons. The van der Waals surface area contributed by atoms with E-state index in [-0.39, 0.29) is 31.4 Å². The van der Waals surface area contributed by atoms with Crippen LogP contribution in [-0.4, -0.2) is 49.9 Å². The molecule has 6 nitrogen and oxygen atoms in total. The number of hydrogen-bond donors (Lipinski definition) is 0. The highest BCUT2D eigenvalue weighted by molar-refractivity contribution is 6.00. The highest BCUT2D eigenvalue weighted by Crippen LogP contribution is 2.29. The van der Waals surface area contributed by atoms with E-state index < -0.39 is 11.9 Å². The molecule has 2 rings (SSSR count). The highest BCUT2D eigenvalue weighted by atomic mass is 16.5. The minimum atomic E-state index is -0.530. The number of aryl methyl sites for hydroxylation is 1. The Morgan fingerprint density at radius 1 is 1.30 bits per heavy atom. The molecule has 0 aliphatic carbocycles. The van der Waals surface area contributed by atoms with Gasteiger partial charge in [-0.05, 0) is 31.0 Å². The quantitative estimate of drug-likeness (QED) is 0.785. The van der Waals surface area contributed by atoms with Crippen LogP contribution in [0.25, 0.3) is 0 Å². The summed E-state index contributed by atoms with van der Waals surface area (Å²) < 4.78 is 5.03. The molecule has 23 heavy (non-hydrogen) atoms. The lowest BCUT2D eigenvalue weighted by atomic mass is 10.1. The van der Waals surface area contributed by atoms with Gasteiger partial charge in [0.1, 0.15) is 0 Å². The zero-order chi connectivity index (χ0) is 17.1. The maximum atomic E-state index is 12.2. The van der Waals surface area contributed by atoms with Crippen molar-refractivity contribution in [3.8, 4) is 0 Å². The predicted octanol–water partition coefficient (Wildman–Crippen LogP) is 1.29. The SMILES string of the molecule is Cc1cccc(N2C[C@H](C(=O)OCC(=O)N(C)C)CC2=O)c1C. The number of amides is 2. The molecular formula is C17H22N2O4. The Morgan fingerprint density at radius 2 is 2.00 bits per heavy atom. The van der Waals surface area contributed by atoms with Gasteiger partial charge >= 0.3 is 5.97 Å². The second-order valence-corrected chi connectivity index (χ2v) is 6.02. The third-order valence-corrected chi connectivity index (χ3v) is 4.16. The van der Waals surface area contributed by atoms with Gasteiger partial charge in [-0.15, -0.1) is 0 Å². The number of likely N-dealkylation sites (N-methyl/N-ethyl adjacent to an activating group) is 1. The molecule has 1 aromatic carbocycles. The van der Waals surface area contributed by atoms with Crippen LogP contribution in [0.1, 0.15) is 17.5 Å². The summed E-state index contributed by atoms with van der Waals surface area (Å²) in [4.78, 5) is 38.8. The van der Waals surface area contributed by atoms with Crippen LogP contribution in [0.4, 0.5) is 5.69 Å². The second kappa shape index (κ2) is 6.81. The first-order valence-electron chi connectivity index (χ1n) is 7.54. The number of nitrogens with zero attached hydrogens (tertiary/aromatic N) is 2. The average molecular weight is 318 g/mol. The molecule has 0 aromatic heterocycles. The standard InChI is InChI=1S/C17H22N2O4/c1-11-6-5-7-14(12(11)2)19-9-13(8-15(19)20)17(22)23-10-16(21)18(3)4/h5-7,13H,8-10H2,1-4H3/t13-/m1/s1. The Bertz CT molecular complexity index is 639. The molecule has 0 spiro atoms. The van der Waals surface area contributed by atoms with Crippen molar-refractivity contribution < 1.29 is 19.1 Å². The van der Waals surface area contributed by atoms with Gasteiger partial charge in [0.2, 0.25) is 5.91 Å². The van der Waals surface area contributed by atoms with E-state index in [1.54, 1.807) is 19.0 Å². The molecule has 1 atom stereocenters. The van der Waals surface area contributed by atoms with Crippen molar-refractivity contribution in [3.63, 3.8) is 0 Å². The van der Waals surface area contributed by atoms with E-state index in [2.05, 4.69) is 0 Å². The molecule has 0 bridgehead atoms. The molecule has 1 aliphatic rings. The van der Waals surface area contributed by atoms with Crippen molar-refractivity contribution in [1.82, 2.24) is 4.90 Å². The van der Waals surface area contributed by atoms with Crippen LogP contribution in [0.3, 0.4) is 0 Å². The molecule has 1 saturated heterocycles.